The third-order valence-corrected chi connectivity index (χ3v) is 3.26. The van der Waals surface area contributed by atoms with Gasteiger partial charge in [0.25, 0.3) is 0 Å². The number of nitrogens with zero attached hydrogens (tertiary/aromatic N) is 1. The van der Waals surface area contributed by atoms with Gasteiger partial charge in [-0.1, -0.05) is 23.2 Å². The molecule has 0 unspecified atom stereocenters. The minimum absolute atomic E-state index is 0.0226. The molecule has 1 aromatic rings. The summed E-state index contributed by atoms with van der Waals surface area (Å²) in [6.07, 6.45) is 0. The highest BCUT2D eigenvalue weighted by Crippen LogP contribution is 2.21. The topological polar surface area (TPSA) is 40.5 Å². The van der Waals surface area contributed by atoms with Gasteiger partial charge in [-0.2, -0.15) is 0 Å². The highest BCUT2D eigenvalue weighted by atomic mass is 35.5. The van der Waals surface area contributed by atoms with Crippen LogP contribution in [0.1, 0.15) is 24.2 Å². The van der Waals surface area contributed by atoms with Gasteiger partial charge in [0.05, 0.1) is 18.2 Å². The second-order valence-corrected chi connectivity index (χ2v) is 5.18. The van der Waals surface area contributed by atoms with E-state index in [-0.39, 0.29) is 25.0 Å². The number of benzene rings is 1. The summed E-state index contributed by atoms with van der Waals surface area (Å²) >= 11 is 11.8. The normalized spacial score (nSPS) is 11.3. The first-order valence-corrected chi connectivity index (χ1v) is 6.54. The summed E-state index contributed by atoms with van der Waals surface area (Å²) in [7, 11) is 0. The van der Waals surface area contributed by atoms with Gasteiger partial charge in [0.2, 0.25) is 0 Å². The summed E-state index contributed by atoms with van der Waals surface area (Å²) in [5.41, 5.74) is 0.424. The fourth-order valence-electron chi connectivity index (χ4n) is 1.63. The summed E-state index contributed by atoms with van der Waals surface area (Å²) in [5, 5.41) is 9.85. The average Bonchev–Trinajstić information content (AvgIpc) is 2.31. The van der Waals surface area contributed by atoms with E-state index in [0.29, 0.717) is 22.2 Å². The second-order valence-electron chi connectivity index (χ2n) is 4.34. The van der Waals surface area contributed by atoms with E-state index in [4.69, 9.17) is 28.3 Å². The molecule has 0 heterocycles. The van der Waals surface area contributed by atoms with Gasteiger partial charge >= 0.3 is 0 Å². The summed E-state index contributed by atoms with van der Waals surface area (Å²) in [5.74, 6) is -0.0929. The molecule has 0 atom stereocenters. The summed E-state index contributed by atoms with van der Waals surface area (Å²) in [6, 6.07) is 5.01. The lowest BCUT2D eigenvalue weighted by Gasteiger charge is -2.24. The Morgan fingerprint density at radius 3 is 2.61 bits per heavy atom. The molecule has 0 radical (unpaired) electrons. The first kappa shape index (κ1) is 15.4. The Morgan fingerprint density at radius 1 is 1.39 bits per heavy atom. The fourth-order valence-corrected chi connectivity index (χ4v) is 2.02. The smallest absolute Gasteiger partial charge is 0.178 e. The molecular formula is C13H17Cl2NO2. The van der Waals surface area contributed by atoms with Gasteiger partial charge in [0.1, 0.15) is 0 Å². The van der Waals surface area contributed by atoms with Crippen molar-refractivity contribution in [2.75, 3.05) is 19.7 Å². The molecule has 5 heteroatoms. The van der Waals surface area contributed by atoms with Crippen LogP contribution in [0.3, 0.4) is 0 Å². The lowest BCUT2D eigenvalue weighted by atomic mass is 10.1. The van der Waals surface area contributed by atoms with Crippen molar-refractivity contribution in [3.05, 3.63) is 33.8 Å². The molecule has 0 amide bonds. The van der Waals surface area contributed by atoms with Crippen LogP contribution < -0.4 is 0 Å². The number of Topliss-reactive ketones (excluding diaryl/α,β-unsaturated/α-hetero) is 1. The minimum Gasteiger partial charge on any atom is -0.395 e. The largest absolute Gasteiger partial charge is 0.395 e. The molecule has 0 aromatic heterocycles. The van der Waals surface area contributed by atoms with Crippen molar-refractivity contribution in [3.63, 3.8) is 0 Å². The van der Waals surface area contributed by atoms with Crippen LogP contribution in [0.4, 0.5) is 0 Å². The first-order valence-electron chi connectivity index (χ1n) is 5.79. The zero-order valence-corrected chi connectivity index (χ0v) is 12.0. The van der Waals surface area contributed by atoms with E-state index in [2.05, 4.69) is 0 Å². The predicted octanol–water partition coefficient (Wildman–Crippen LogP) is 2.88. The van der Waals surface area contributed by atoms with E-state index in [1.165, 1.54) is 0 Å². The molecule has 0 aliphatic heterocycles. The van der Waals surface area contributed by atoms with E-state index < -0.39 is 0 Å². The molecule has 1 N–H and O–H groups in total. The monoisotopic (exact) mass is 289 g/mol. The van der Waals surface area contributed by atoms with E-state index >= 15 is 0 Å². The quantitative estimate of drug-likeness (QED) is 0.819. The van der Waals surface area contributed by atoms with E-state index in [1.54, 1.807) is 18.2 Å². The van der Waals surface area contributed by atoms with Crippen LogP contribution in [0.2, 0.25) is 10.0 Å². The van der Waals surface area contributed by atoms with E-state index in [0.717, 1.165) is 0 Å². The molecule has 18 heavy (non-hydrogen) atoms. The minimum atomic E-state index is -0.0929. The molecule has 0 bridgehead atoms. The number of rotatable bonds is 6. The van der Waals surface area contributed by atoms with Gasteiger partial charge < -0.3 is 5.11 Å². The molecule has 0 spiro atoms. The molecule has 1 rings (SSSR count). The number of aliphatic hydroxyl groups is 1. The number of carbonyl (C=O) groups is 1. The maximum atomic E-state index is 12.1. The third-order valence-electron chi connectivity index (χ3n) is 2.69. The number of halogens is 2. The van der Waals surface area contributed by atoms with Crippen molar-refractivity contribution >= 4 is 29.0 Å². The summed E-state index contributed by atoms with van der Waals surface area (Å²) in [4.78, 5) is 14.0. The van der Waals surface area contributed by atoms with Crippen molar-refractivity contribution < 1.29 is 9.90 Å². The Morgan fingerprint density at radius 2 is 2.06 bits per heavy atom. The molecule has 0 saturated carbocycles. The van der Waals surface area contributed by atoms with Gasteiger partial charge in [-0.3, -0.25) is 9.69 Å². The van der Waals surface area contributed by atoms with Crippen LogP contribution in [-0.4, -0.2) is 41.5 Å². The Bertz CT molecular complexity index is 421. The maximum absolute atomic E-state index is 12.1. The molecular weight excluding hydrogens is 273 g/mol. The highest BCUT2D eigenvalue weighted by Gasteiger charge is 2.17. The highest BCUT2D eigenvalue weighted by molar-refractivity contribution is 6.36. The van der Waals surface area contributed by atoms with Crippen molar-refractivity contribution in [2.24, 2.45) is 0 Å². The zero-order chi connectivity index (χ0) is 13.7. The number of aliphatic hydroxyl groups excluding tert-OH is 1. The standard InChI is InChI=1S/C13H17Cl2NO2/c1-9(2)16(5-6-17)8-13(18)11-7-10(14)3-4-12(11)15/h3-4,7,9,17H,5-6,8H2,1-2H3. The molecule has 0 aliphatic rings. The van der Waals surface area contributed by atoms with Crippen LogP contribution in [0, 0.1) is 0 Å². The van der Waals surface area contributed by atoms with Crippen molar-refractivity contribution in [2.45, 2.75) is 19.9 Å². The molecule has 100 valence electrons. The van der Waals surface area contributed by atoms with Crippen LogP contribution in [0.15, 0.2) is 18.2 Å². The molecule has 3 nitrogen and oxygen atoms in total. The maximum Gasteiger partial charge on any atom is 0.178 e. The van der Waals surface area contributed by atoms with Crippen LogP contribution in [0.5, 0.6) is 0 Å². The van der Waals surface area contributed by atoms with E-state index in [1.807, 2.05) is 18.7 Å². The van der Waals surface area contributed by atoms with Gasteiger partial charge in [0, 0.05) is 23.2 Å². The van der Waals surface area contributed by atoms with Crippen LogP contribution in [0.25, 0.3) is 0 Å². The lowest BCUT2D eigenvalue weighted by molar-refractivity contribution is 0.0881. The van der Waals surface area contributed by atoms with Crippen LogP contribution in [-0.2, 0) is 0 Å². The Hall–Kier alpha value is -0.610. The number of hydrogen-bond donors (Lipinski definition) is 1. The van der Waals surface area contributed by atoms with Crippen molar-refractivity contribution in [1.29, 1.82) is 0 Å². The predicted molar refractivity (Wildman–Crippen MR) is 74.6 cm³/mol. The SMILES string of the molecule is CC(C)N(CCO)CC(=O)c1cc(Cl)ccc1Cl. The zero-order valence-electron chi connectivity index (χ0n) is 10.5. The summed E-state index contributed by atoms with van der Waals surface area (Å²) < 4.78 is 0. The van der Waals surface area contributed by atoms with Gasteiger partial charge in [0.15, 0.2) is 5.78 Å². The number of carbonyl (C=O) groups excluding carboxylic acids is 1. The number of ketones is 1. The summed E-state index contributed by atoms with van der Waals surface area (Å²) in [6.45, 7) is 4.65. The van der Waals surface area contributed by atoms with Gasteiger partial charge in [-0.25, -0.2) is 0 Å². The van der Waals surface area contributed by atoms with Gasteiger partial charge in [-0.05, 0) is 32.0 Å². The Balaban J connectivity index is 2.83. The van der Waals surface area contributed by atoms with Crippen molar-refractivity contribution in [3.8, 4) is 0 Å². The molecule has 1 aromatic carbocycles. The Labute approximate surface area is 117 Å². The van der Waals surface area contributed by atoms with Gasteiger partial charge in [-0.15, -0.1) is 0 Å². The fraction of sp³-hybridized carbons (Fsp3) is 0.462. The second kappa shape index (κ2) is 7.10. The first-order chi connectivity index (χ1) is 8.45. The number of hydrogen-bond acceptors (Lipinski definition) is 3. The van der Waals surface area contributed by atoms with E-state index in [9.17, 15) is 4.79 Å². The molecule has 0 aliphatic carbocycles. The van der Waals surface area contributed by atoms with Crippen molar-refractivity contribution in [1.82, 2.24) is 4.90 Å². The lowest BCUT2D eigenvalue weighted by Crippen LogP contribution is -2.37. The van der Waals surface area contributed by atoms with Crippen LogP contribution >= 0.6 is 23.2 Å². The molecule has 0 saturated heterocycles. The Kier molecular flexibility index (Phi) is 6.09. The average molecular weight is 290 g/mol. The molecule has 0 fully saturated rings. The third kappa shape index (κ3) is 4.25.